The van der Waals surface area contributed by atoms with E-state index < -0.39 is 0 Å². The van der Waals surface area contributed by atoms with Gasteiger partial charge in [0.2, 0.25) is 5.91 Å². The van der Waals surface area contributed by atoms with E-state index in [2.05, 4.69) is 14.9 Å². The third kappa shape index (κ3) is 3.07. The Hall–Kier alpha value is -2.30. The fourth-order valence-corrected chi connectivity index (χ4v) is 2.67. The lowest BCUT2D eigenvalue weighted by Gasteiger charge is -2.23. The minimum absolute atomic E-state index is 0.0486. The van der Waals surface area contributed by atoms with Crippen molar-refractivity contribution in [3.8, 4) is 5.75 Å². The van der Waals surface area contributed by atoms with Crippen molar-refractivity contribution < 1.29 is 9.53 Å². The molecule has 1 aliphatic heterocycles. The van der Waals surface area contributed by atoms with Crippen LogP contribution in [0.5, 0.6) is 5.75 Å². The Bertz CT molecular complexity index is 619. The Morgan fingerprint density at radius 1 is 1.43 bits per heavy atom. The predicted molar refractivity (Wildman–Crippen MR) is 78.9 cm³/mol. The first-order valence-corrected chi connectivity index (χ1v) is 7.16. The molecular weight excluding hydrogens is 266 g/mol. The van der Waals surface area contributed by atoms with Crippen LogP contribution in [-0.4, -0.2) is 22.6 Å². The third-order valence-corrected chi connectivity index (χ3v) is 3.97. The van der Waals surface area contributed by atoms with E-state index in [0.29, 0.717) is 6.54 Å². The number of carbonyl (C=O) groups is 1. The van der Waals surface area contributed by atoms with Gasteiger partial charge in [0, 0.05) is 37.3 Å². The van der Waals surface area contributed by atoms with Crippen LogP contribution in [0, 0.1) is 5.92 Å². The van der Waals surface area contributed by atoms with Crippen molar-refractivity contribution in [1.82, 2.24) is 14.9 Å². The van der Waals surface area contributed by atoms with Gasteiger partial charge in [0.05, 0.1) is 13.4 Å². The van der Waals surface area contributed by atoms with Gasteiger partial charge in [0.1, 0.15) is 5.75 Å². The van der Waals surface area contributed by atoms with E-state index in [0.717, 1.165) is 36.4 Å². The first-order valence-electron chi connectivity index (χ1n) is 7.16. The Kier molecular flexibility index (Phi) is 3.90. The monoisotopic (exact) mass is 285 g/mol. The summed E-state index contributed by atoms with van der Waals surface area (Å²) in [5, 5.41) is 3.02. The van der Waals surface area contributed by atoms with Gasteiger partial charge >= 0.3 is 0 Å². The smallest absolute Gasteiger partial charge is 0.223 e. The van der Waals surface area contributed by atoms with Crippen LogP contribution in [0.3, 0.4) is 0 Å². The maximum Gasteiger partial charge on any atom is 0.223 e. The second-order valence-electron chi connectivity index (χ2n) is 5.33. The summed E-state index contributed by atoms with van der Waals surface area (Å²) >= 11 is 0. The van der Waals surface area contributed by atoms with E-state index in [1.165, 1.54) is 0 Å². The van der Waals surface area contributed by atoms with Gasteiger partial charge in [-0.25, -0.2) is 4.98 Å². The number of aromatic nitrogens is 2. The molecule has 5 heteroatoms. The zero-order valence-electron chi connectivity index (χ0n) is 12.1. The van der Waals surface area contributed by atoms with Gasteiger partial charge in [-0.1, -0.05) is 12.1 Å². The first kappa shape index (κ1) is 13.7. The lowest BCUT2D eigenvalue weighted by atomic mass is 9.95. The molecule has 1 N–H and O–H groups in total. The SMILES string of the molecule is COc1ccc(CNC(=O)C2CCn3cncc3C2)cc1. The van der Waals surface area contributed by atoms with E-state index >= 15 is 0 Å². The number of carbonyl (C=O) groups excluding carboxylic acids is 1. The van der Waals surface area contributed by atoms with Crippen molar-refractivity contribution in [3.63, 3.8) is 0 Å². The summed E-state index contributed by atoms with van der Waals surface area (Å²) < 4.78 is 7.24. The summed E-state index contributed by atoms with van der Waals surface area (Å²) in [6, 6.07) is 7.74. The molecule has 5 nitrogen and oxygen atoms in total. The van der Waals surface area contributed by atoms with Gasteiger partial charge in [-0.2, -0.15) is 0 Å². The number of benzene rings is 1. The summed E-state index contributed by atoms with van der Waals surface area (Å²) in [4.78, 5) is 16.4. The van der Waals surface area contributed by atoms with Gasteiger partial charge in [-0.15, -0.1) is 0 Å². The molecule has 1 atom stereocenters. The second kappa shape index (κ2) is 5.99. The standard InChI is InChI=1S/C16H19N3O2/c1-21-15-4-2-12(3-5-15)9-18-16(20)13-6-7-19-11-17-10-14(19)8-13/h2-5,10-11,13H,6-9H2,1H3,(H,18,20). The highest BCUT2D eigenvalue weighted by atomic mass is 16.5. The van der Waals surface area contributed by atoms with Gasteiger partial charge in [0.15, 0.2) is 0 Å². The van der Waals surface area contributed by atoms with Crippen LogP contribution in [-0.2, 0) is 24.3 Å². The first-order chi connectivity index (χ1) is 10.3. The average molecular weight is 285 g/mol. The Morgan fingerprint density at radius 2 is 2.24 bits per heavy atom. The van der Waals surface area contributed by atoms with E-state index in [1.807, 2.05) is 36.8 Å². The molecule has 0 bridgehead atoms. The van der Waals surface area contributed by atoms with E-state index in [1.54, 1.807) is 7.11 Å². The number of imidazole rings is 1. The average Bonchev–Trinajstić information content (AvgIpc) is 3.00. The van der Waals surface area contributed by atoms with Crippen molar-refractivity contribution in [2.75, 3.05) is 7.11 Å². The second-order valence-corrected chi connectivity index (χ2v) is 5.33. The summed E-state index contributed by atoms with van der Waals surface area (Å²) in [5.74, 6) is 0.997. The molecule has 0 spiro atoms. The number of fused-ring (bicyclic) bond motifs is 1. The van der Waals surface area contributed by atoms with Crippen LogP contribution in [0.1, 0.15) is 17.7 Å². The Morgan fingerprint density at radius 3 is 3.00 bits per heavy atom. The van der Waals surface area contributed by atoms with E-state index in [4.69, 9.17) is 4.74 Å². The largest absolute Gasteiger partial charge is 0.497 e. The number of methoxy groups -OCH3 is 1. The molecule has 1 amide bonds. The van der Waals surface area contributed by atoms with Gasteiger partial charge in [-0.3, -0.25) is 4.79 Å². The van der Waals surface area contributed by atoms with Crippen LogP contribution >= 0.6 is 0 Å². The molecule has 0 radical (unpaired) electrons. The quantitative estimate of drug-likeness (QED) is 0.931. The maximum absolute atomic E-state index is 12.3. The molecule has 1 aromatic heterocycles. The highest BCUT2D eigenvalue weighted by Gasteiger charge is 2.24. The number of ether oxygens (including phenoxy) is 1. The predicted octanol–water partition coefficient (Wildman–Crippen LogP) is 1.77. The third-order valence-electron chi connectivity index (χ3n) is 3.97. The molecule has 2 heterocycles. The number of hydrogen-bond acceptors (Lipinski definition) is 3. The zero-order valence-corrected chi connectivity index (χ0v) is 12.1. The normalized spacial score (nSPS) is 17.1. The van der Waals surface area contributed by atoms with Gasteiger partial charge in [0.25, 0.3) is 0 Å². The van der Waals surface area contributed by atoms with Crippen LogP contribution in [0.25, 0.3) is 0 Å². The number of rotatable bonds is 4. The van der Waals surface area contributed by atoms with Crippen LogP contribution in [0.15, 0.2) is 36.8 Å². The number of aryl methyl sites for hydroxylation is 1. The number of amides is 1. The highest BCUT2D eigenvalue weighted by Crippen LogP contribution is 2.20. The summed E-state index contributed by atoms with van der Waals surface area (Å²) in [6.45, 7) is 1.43. The molecule has 2 aromatic rings. The minimum atomic E-state index is 0.0486. The summed E-state index contributed by atoms with van der Waals surface area (Å²) in [5.41, 5.74) is 2.22. The summed E-state index contributed by atoms with van der Waals surface area (Å²) in [7, 11) is 1.64. The number of hydrogen-bond donors (Lipinski definition) is 1. The van der Waals surface area contributed by atoms with E-state index in [-0.39, 0.29) is 11.8 Å². The molecule has 1 aromatic carbocycles. The molecule has 0 aliphatic carbocycles. The lowest BCUT2D eigenvalue weighted by molar-refractivity contribution is -0.125. The fraction of sp³-hybridized carbons (Fsp3) is 0.375. The zero-order chi connectivity index (χ0) is 14.7. The Balaban J connectivity index is 1.54. The van der Waals surface area contributed by atoms with Crippen molar-refractivity contribution in [3.05, 3.63) is 48.0 Å². The number of nitrogens with one attached hydrogen (secondary N) is 1. The van der Waals surface area contributed by atoms with Gasteiger partial charge < -0.3 is 14.6 Å². The molecule has 110 valence electrons. The molecule has 21 heavy (non-hydrogen) atoms. The molecule has 1 aliphatic rings. The van der Waals surface area contributed by atoms with Crippen molar-refractivity contribution in [2.24, 2.45) is 5.92 Å². The molecule has 0 saturated heterocycles. The molecule has 3 rings (SSSR count). The lowest BCUT2D eigenvalue weighted by Crippen LogP contribution is -2.34. The topological polar surface area (TPSA) is 56.1 Å². The van der Waals surface area contributed by atoms with Gasteiger partial charge in [-0.05, 0) is 24.1 Å². The Labute approximate surface area is 124 Å². The fourth-order valence-electron chi connectivity index (χ4n) is 2.67. The maximum atomic E-state index is 12.3. The van der Waals surface area contributed by atoms with E-state index in [9.17, 15) is 4.79 Å². The molecule has 0 fully saturated rings. The highest BCUT2D eigenvalue weighted by molar-refractivity contribution is 5.79. The minimum Gasteiger partial charge on any atom is -0.497 e. The van der Waals surface area contributed by atoms with Crippen molar-refractivity contribution >= 4 is 5.91 Å². The van der Waals surface area contributed by atoms with Crippen molar-refractivity contribution in [1.29, 1.82) is 0 Å². The van der Waals surface area contributed by atoms with Crippen LogP contribution in [0.4, 0.5) is 0 Å². The van der Waals surface area contributed by atoms with Crippen molar-refractivity contribution in [2.45, 2.75) is 25.9 Å². The summed E-state index contributed by atoms with van der Waals surface area (Å²) in [6.07, 6.45) is 5.33. The molecule has 0 saturated carbocycles. The molecule has 1 unspecified atom stereocenters. The molecular formula is C16H19N3O2. The van der Waals surface area contributed by atoms with Crippen LogP contribution < -0.4 is 10.1 Å². The van der Waals surface area contributed by atoms with Crippen LogP contribution in [0.2, 0.25) is 0 Å². The number of nitrogens with zero attached hydrogens (tertiary/aromatic N) is 2.